The molecule has 3 rings (SSSR count). The highest BCUT2D eigenvalue weighted by molar-refractivity contribution is 5.78. The summed E-state index contributed by atoms with van der Waals surface area (Å²) in [5, 5.41) is 7.37. The SMILES string of the molecule is Cn1ccc(CC(=O)NC[C@]2(C)CCCN2Cc2ccccc2)n1. The summed E-state index contributed by atoms with van der Waals surface area (Å²) in [5.41, 5.74) is 2.16. The van der Waals surface area contributed by atoms with Crippen molar-refractivity contribution in [1.29, 1.82) is 0 Å². The molecule has 0 spiro atoms. The van der Waals surface area contributed by atoms with Gasteiger partial charge in [-0.15, -0.1) is 0 Å². The molecule has 24 heavy (non-hydrogen) atoms. The van der Waals surface area contributed by atoms with E-state index in [9.17, 15) is 4.79 Å². The van der Waals surface area contributed by atoms with Crippen molar-refractivity contribution in [1.82, 2.24) is 20.0 Å². The van der Waals surface area contributed by atoms with Crippen LogP contribution in [0.1, 0.15) is 31.0 Å². The number of amides is 1. The molecule has 0 aliphatic carbocycles. The molecule has 5 nitrogen and oxygen atoms in total. The van der Waals surface area contributed by atoms with E-state index >= 15 is 0 Å². The number of aryl methyl sites for hydroxylation is 1. The van der Waals surface area contributed by atoms with Crippen molar-refractivity contribution in [2.45, 2.75) is 38.3 Å². The van der Waals surface area contributed by atoms with Gasteiger partial charge < -0.3 is 5.32 Å². The normalized spacial score (nSPS) is 21.1. The molecule has 1 amide bonds. The van der Waals surface area contributed by atoms with Crippen LogP contribution in [0.4, 0.5) is 0 Å². The van der Waals surface area contributed by atoms with Crippen LogP contribution in [0.5, 0.6) is 0 Å². The molecule has 1 atom stereocenters. The van der Waals surface area contributed by atoms with Crippen molar-refractivity contribution in [2.75, 3.05) is 13.1 Å². The van der Waals surface area contributed by atoms with Gasteiger partial charge in [0, 0.05) is 31.9 Å². The number of aromatic nitrogens is 2. The fraction of sp³-hybridized carbons (Fsp3) is 0.474. The number of likely N-dealkylation sites (tertiary alicyclic amines) is 1. The first kappa shape index (κ1) is 16.7. The summed E-state index contributed by atoms with van der Waals surface area (Å²) in [6.45, 7) is 4.96. The number of carbonyl (C=O) groups is 1. The Morgan fingerprint density at radius 2 is 2.08 bits per heavy atom. The first-order valence-electron chi connectivity index (χ1n) is 8.59. The van der Waals surface area contributed by atoms with E-state index in [1.807, 2.05) is 25.4 Å². The minimum atomic E-state index is 0.0234. The summed E-state index contributed by atoms with van der Waals surface area (Å²) in [4.78, 5) is 14.7. The van der Waals surface area contributed by atoms with Crippen molar-refractivity contribution < 1.29 is 4.79 Å². The minimum absolute atomic E-state index is 0.0234. The zero-order valence-corrected chi connectivity index (χ0v) is 14.5. The van der Waals surface area contributed by atoms with Gasteiger partial charge in [0.2, 0.25) is 5.91 Å². The maximum absolute atomic E-state index is 12.2. The second kappa shape index (κ2) is 7.18. The van der Waals surface area contributed by atoms with Gasteiger partial charge in [0.15, 0.2) is 0 Å². The second-order valence-electron chi connectivity index (χ2n) is 6.94. The van der Waals surface area contributed by atoms with Crippen molar-refractivity contribution in [3.05, 3.63) is 53.9 Å². The molecule has 2 aromatic rings. The van der Waals surface area contributed by atoms with Crippen molar-refractivity contribution in [2.24, 2.45) is 7.05 Å². The predicted octanol–water partition coefficient (Wildman–Crippen LogP) is 2.13. The van der Waals surface area contributed by atoms with Crippen molar-refractivity contribution in [3.63, 3.8) is 0 Å². The molecule has 1 aliphatic rings. The molecule has 128 valence electrons. The summed E-state index contributed by atoms with van der Waals surface area (Å²) >= 11 is 0. The van der Waals surface area contributed by atoms with Crippen LogP contribution in [0.2, 0.25) is 0 Å². The zero-order valence-electron chi connectivity index (χ0n) is 14.5. The van der Waals surface area contributed by atoms with E-state index in [1.54, 1.807) is 4.68 Å². The maximum Gasteiger partial charge on any atom is 0.226 e. The van der Waals surface area contributed by atoms with E-state index in [1.165, 1.54) is 12.0 Å². The van der Waals surface area contributed by atoms with Gasteiger partial charge in [-0.05, 0) is 37.9 Å². The van der Waals surface area contributed by atoms with Gasteiger partial charge in [0.1, 0.15) is 0 Å². The third-order valence-electron chi connectivity index (χ3n) is 4.90. The number of nitrogens with one attached hydrogen (secondary N) is 1. The predicted molar refractivity (Wildman–Crippen MR) is 94.4 cm³/mol. The summed E-state index contributed by atoms with van der Waals surface area (Å²) in [6, 6.07) is 12.4. The van der Waals surface area contributed by atoms with Crippen LogP contribution < -0.4 is 5.32 Å². The van der Waals surface area contributed by atoms with E-state index in [-0.39, 0.29) is 11.4 Å². The summed E-state index contributed by atoms with van der Waals surface area (Å²) in [7, 11) is 1.86. The molecule has 1 aromatic heterocycles. The Bertz CT molecular complexity index is 682. The molecule has 1 saturated heterocycles. The molecule has 0 radical (unpaired) electrons. The van der Waals surface area contributed by atoms with E-state index in [4.69, 9.17) is 0 Å². The van der Waals surface area contributed by atoms with Crippen molar-refractivity contribution >= 4 is 5.91 Å². The number of rotatable bonds is 6. The van der Waals surface area contributed by atoms with Crippen LogP contribution in [0.3, 0.4) is 0 Å². The average molecular weight is 326 g/mol. The minimum Gasteiger partial charge on any atom is -0.354 e. The topological polar surface area (TPSA) is 50.2 Å². The molecular weight excluding hydrogens is 300 g/mol. The lowest BCUT2D eigenvalue weighted by Gasteiger charge is -2.35. The Labute approximate surface area is 143 Å². The third kappa shape index (κ3) is 4.03. The Balaban J connectivity index is 1.55. The van der Waals surface area contributed by atoms with E-state index < -0.39 is 0 Å². The fourth-order valence-corrected chi connectivity index (χ4v) is 3.43. The quantitative estimate of drug-likeness (QED) is 0.885. The Morgan fingerprint density at radius 1 is 1.29 bits per heavy atom. The van der Waals surface area contributed by atoms with Gasteiger partial charge in [0.25, 0.3) is 0 Å². The number of nitrogens with zero attached hydrogens (tertiary/aromatic N) is 3. The standard InChI is InChI=1S/C19H26N4O/c1-19(15-20-18(24)13-17-9-12-22(2)21-17)10-6-11-23(19)14-16-7-4-3-5-8-16/h3-5,7-9,12H,6,10-11,13-15H2,1-2H3,(H,20,24)/t19-/m0/s1. The van der Waals surface area contributed by atoms with Crippen molar-refractivity contribution in [3.8, 4) is 0 Å². The Morgan fingerprint density at radius 3 is 2.79 bits per heavy atom. The zero-order chi connectivity index (χ0) is 17.0. The van der Waals surface area contributed by atoms with E-state index in [2.05, 4.69) is 46.5 Å². The third-order valence-corrected chi connectivity index (χ3v) is 4.90. The Hall–Kier alpha value is -2.14. The average Bonchev–Trinajstić information content (AvgIpc) is 3.13. The fourth-order valence-electron chi connectivity index (χ4n) is 3.43. The van der Waals surface area contributed by atoms with Crippen LogP contribution in [0, 0.1) is 0 Å². The number of hydrogen-bond acceptors (Lipinski definition) is 3. The highest BCUT2D eigenvalue weighted by Gasteiger charge is 2.36. The van der Waals surface area contributed by atoms with Crippen LogP contribution >= 0.6 is 0 Å². The van der Waals surface area contributed by atoms with Gasteiger partial charge in [-0.2, -0.15) is 5.10 Å². The van der Waals surface area contributed by atoms with Gasteiger partial charge >= 0.3 is 0 Å². The second-order valence-corrected chi connectivity index (χ2v) is 6.94. The van der Waals surface area contributed by atoms with Crippen LogP contribution in [0.15, 0.2) is 42.6 Å². The van der Waals surface area contributed by atoms with Crippen LogP contribution in [0.25, 0.3) is 0 Å². The summed E-state index contributed by atoms with van der Waals surface area (Å²) in [6.07, 6.45) is 4.50. The highest BCUT2D eigenvalue weighted by atomic mass is 16.1. The summed E-state index contributed by atoms with van der Waals surface area (Å²) in [5.74, 6) is 0.0430. The van der Waals surface area contributed by atoms with E-state index in [0.29, 0.717) is 13.0 Å². The molecule has 2 heterocycles. The molecule has 0 unspecified atom stereocenters. The summed E-state index contributed by atoms with van der Waals surface area (Å²) < 4.78 is 1.72. The molecule has 0 saturated carbocycles. The molecule has 0 bridgehead atoms. The Kier molecular flexibility index (Phi) is 5.00. The van der Waals surface area contributed by atoms with Gasteiger partial charge in [0.05, 0.1) is 12.1 Å². The van der Waals surface area contributed by atoms with Gasteiger partial charge in [-0.25, -0.2) is 0 Å². The van der Waals surface area contributed by atoms with Crippen LogP contribution in [-0.2, 0) is 24.8 Å². The molecule has 1 aliphatic heterocycles. The molecule has 5 heteroatoms. The highest BCUT2D eigenvalue weighted by Crippen LogP contribution is 2.29. The lowest BCUT2D eigenvalue weighted by atomic mass is 9.98. The smallest absolute Gasteiger partial charge is 0.226 e. The first-order chi connectivity index (χ1) is 11.5. The van der Waals surface area contributed by atoms with E-state index in [0.717, 1.165) is 25.2 Å². The number of benzene rings is 1. The number of hydrogen-bond donors (Lipinski definition) is 1. The lowest BCUT2D eigenvalue weighted by Crippen LogP contribution is -2.49. The molecule has 1 fully saturated rings. The van der Waals surface area contributed by atoms with Crippen LogP contribution in [-0.4, -0.2) is 39.2 Å². The largest absolute Gasteiger partial charge is 0.354 e. The monoisotopic (exact) mass is 326 g/mol. The van der Waals surface area contributed by atoms with Gasteiger partial charge in [-0.1, -0.05) is 30.3 Å². The molecule has 1 N–H and O–H groups in total. The lowest BCUT2D eigenvalue weighted by molar-refractivity contribution is -0.121. The molecule has 1 aromatic carbocycles. The molecular formula is C19H26N4O. The maximum atomic E-state index is 12.2. The number of carbonyl (C=O) groups excluding carboxylic acids is 1. The first-order valence-corrected chi connectivity index (χ1v) is 8.59. The van der Waals surface area contributed by atoms with Gasteiger partial charge in [-0.3, -0.25) is 14.4 Å².